The van der Waals surface area contributed by atoms with Crippen LogP contribution in [0.1, 0.15) is 24.4 Å². The van der Waals surface area contributed by atoms with E-state index in [1.807, 2.05) is 0 Å². The Kier molecular flexibility index (Phi) is 7.01. The van der Waals surface area contributed by atoms with E-state index in [4.69, 9.17) is 4.74 Å². The summed E-state index contributed by atoms with van der Waals surface area (Å²) < 4.78 is 59.3. The average Bonchev–Trinajstić information content (AvgIpc) is 2.74. The summed E-state index contributed by atoms with van der Waals surface area (Å²) in [6.07, 6.45) is 0.404. The van der Waals surface area contributed by atoms with Gasteiger partial charge in [-0.25, -0.2) is 26.6 Å². The fourth-order valence-electron chi connectivity index (χ4n) is 3.36. The minimum absolute atomic E-state index is 0.0799. The summed E-state index contributed by atoms with van der Waals surface area (Å²) >= 11 is 0. The van der Waals surface area contributed by atoms with E-state index >= 15 is 0 Å². The molecule has 30 heavy (non-hydrogen) atoms. The average molecular weight is 440 g/mol. The number of hydrogen-bond acceptors (Lipinski definition) is 5. The summed E-state index contributed by atoms with van der Waals surface area (Å²) in [5, 5.41) is 10.2. The molecule has 1 fully saturated rings. The van der Waals surface area contributed by atoms with Crippen molar-refractivity contribution in [2.45, 2.75) is 25.0 Å². The highest BCUT2D eigenvalue weighted by atomic mass is 32.2. The summed E-state index contributed by atoms with van der Waals surface area (Å²) in [5.74, 6) is -2.08. The van der Waals surface area contributed by atoms with E-state index in [0.717, 1.165) is 12.1 Å². The lowest BCUT2D eigenvalue weighted by Gasteiger charge is -2.33. The maximum atomic E-state index is 13.8. The lowest BCUT2D eigenvalue weighted by Crippen LogP contribution is -2.44. The molecule has 1 aliphatic rings. The molecule has 3 rings (SSSR count). The van der Waals surface area contributed by atoms with E-state index in [2.05, 4.69) is 0 Å². The molecule has 0 saturated carbocycles. The molecule has 10 heteroatoms. The van der Waals surface area contributed by atoms with Crippen LogP contribution >= 0.6 is 0 Å². The van der Waals surface area contributed by atoms with E-state index in [-0.39, 0.29) is 25.2 Å². The van der Waals surface area contributed by atoms with Crippen LogP contribution in [0.15, 0.2) is 48.5 Å². The van der Waals surface area contributed by atoms with Gasteiger partial charge in [0.15, 0.2) is 11.6 Å². The number of piperidine rings is 1. The Balaban J connectivity index is 1.64. The van der Waals surface area contributed by atoms with Crippen molar-refractivity contribution in [3.8, 4) is 5.75 Å². The zero-order chi connectivity index (χ0) is 21.7. The standard InChI is InChI=1S/C20H22F2N2O5S/c21-16-6-7-20(18(22)12-16)29-17-8-10-23(11-9-17)30(27,28)13-19(24(26)14-25)15-4-2-1-3-5-15/h1-7,12,14,17,19,26H,8-11,13H2. The third kappa shape index (κ3) is 5.32. The lowest BCUT2D eigenvalue weighted by atomic mass is 10.1. The summed E-state index contributed by atoms with van der Waals surface area (Å²) in [4.78, 5) is 11.0. The number of nitrogens with zero attached hydrogens (tertiary/aromatic N) is 2. The van der Waals surface area contributed by atoms with Crippen molar-refractivity contribution in [3.05, 3.63) is 65.7 Å². The molecule has 1 N–H and O–H groups in total. The summed E-state index contributed by atoms with van der Waals surface area (Å²) in [6, 6.07) is 10.3. The lowest BCUT2D eigenvalue weighted by molar-refractivity contribution is -0.159. The van der Waals surface area contributed by atoms with E-state index in [9.17, 15) is 27.2 Å². The first kappa shape index (κ1) is 22.1. The van der Waals surface area contributed by atoms with Gasteiger partial charge in [-0.1, -0.05) is 30.3 Å². The van der Waals surface area contributed by atoms with Crippen molar-refractivity contribution < 1.29 is 31.9 Å². The predicted octanol–water partition coefficient (Wildman–Crippen LogP) is 2.73. The molecule has 2 aromatic rings. The van der Waals surface area contributed by atoms with Gasteiger partial charge < -0.3 is 4.74 Å². The Hall–Kier alpha value is -2.56. The van der Waals surface area contributed by atoms with Gasteiger partial charge in [0.25, 0.3) is 0 Å². The predicted molar refractivity (Wildman–Crippen MR) is 104 cm³/mol. The topological polar surface area (TPSA) is 87.2 Å². The summed E-state index contributed by atoms with van der Waals surface area (Å²) in [7, 11) is -3.80. The van der Waals surface area contributed by atoms with Gasteiger partial charge in [-0.3, -0.25) is 10.0 Å². The van der Waals surface area contributed by atoms with E-state index < -0.39 is 39.6 Å². The molecule has 2 aromatic carbocycles. The maximum absolute atomic E-state index is 13.8. The molecule has 0 bridgehead atoms. The second-order valence-corrected chi connectivity index (χ2v) is 9.00. The molecule has 7 nitrogen and oxygen atoms in total. The zero-order valence-electron chi connectivity index (χ0n) is 16.0. The SMILES string of the molecule is O=CN(O)C(CS(=O)(=O)N1CCC(Oc2ccc(F)cc2F)CC1)c1ccccc1. The van der Waals surface area contributed by atoms with Crippen molar-refractivity contribution in [1.82, 2.24) is 9.37 Å². The van der Waals surface area contributed by atoms with Crippen LogP contribution in [0, 0.1) is 11.6 Å². The number of carbonyl (C=O) groups excluding carboxylic acids is 1. The van der Waals surface area contributed by atoms with Gasteiger partial charge in [0.1, 0.15) is 11.9 Å². The summed E-state index contributed by atoms with van der Waals surface area (Å²) in [6.45, 7) is 0.285. The fraction of sp³-hybridized carbons (Fsp3) is 0.350. The molecule has 162 valence electrons. The first-order valence-electron chi connectivity index (χ1n) is 9.37. The molecule has 1 heterocycles. The number of carbonyl (C=O) groups is 1. The molecule has 1 unspecified atom stereocenters. The Labute approximate surface area is 173 Å². The van der Waals surface area contributed by atoms with Crippen LogP contribution < -0.4 is 4.74 Å². The second kappa shape index (κ2) is 9.50. The van der Waals surface area contributed by atoms with Crippen LogP contribution in [-0.2, 0) is 14.8 Å². The van der Waals surface area contributed by atoms with Crippen LogP contribution in [0.2, 0.25) is 0 Å². The minimum atomic E-state index is -3.80. The largest absolute Gasteiger partial charge is 0.487 e. The number of hydroxylamine groups is 2. The van der Waals surface area contributed by atoms with Gasteiger partial charge in [0.05, 0.1) is 11.8 Å². The summed E-state index contributed by atoms with van der Waals surface area (Å²) in [5.41, 5.74) is 0.487. The molecule has 0 aliphatic carbocycles. The minimum Gasteiger partial charge on any atom is -0.487 e. The van der Waals surface area contributed by atoms with Crippen molar-refractivity contribution in [2.24, 2.45) is 0 Å². The van der Waals surface area contributed by atoms with Gasteiger partial charge in [-0.05, 0) is 30.5 Å². The highest BCUT2D eigenvalue weighted by molar-refractivity contribution is 7.89. The Morgan fingerprint density at radius 3 is 2.43 bits per heavy atom. The smallest absolute Gasteiger partial charge is 0.233 e. The number of ether oxygens (including phenoxy) is 1. The molecular formula is C20H22F2N2O5S. The van der Waals surface area contributed by atoms with Crippen LogP contribution in [0.4, 0.5) is 8.78 Å². The van der Waals surface area contributed by atoms with Crippen molar-refractivity contribution in [2.75, 3.05) is 18.8 Å². The van der Waals surface area contributed by atoms with Crippen LogP contribution in [-0.4, -0.2) is 54.3 Å². The highest BCUT2D eigenvalue weighted by Crippen LogP contribution is 2.26. The van der Waals surface area contributed by atoms with Crippen molar-refractivity contribution in [1.29, 1.82) is 0 Å². The molecule has 0 radical (unpaired) electrons. The Bertz CT molecular complexity index is 966. The maximum Gasteiger partial charge on any atom is 0.233 e. The number of hydrogen-bond donors (Lipinski definition) is 1. The molecule has 1 amide bonds. The van der Waals surface area contributed by atoms with Crippen LogP contribution in [0.25, 0.3) is 0 Å². The molecule has 1 atom stereocenters. The van der Waals surface area contributed by atoms with E-state index in [1.165, 1.54) is 10.4 Å². The normalized spacial score (nSPS) is 16.8. The zero-order valence-corrected chi connectivity index (χ0v) is 16.8. The number of benzene rings is 2. The van der Waals surface area contributed by atoms with Gasteiger partial charge in [0, 0.05) is 19.2 Å². The van der Waals surface area contributed by atoms with Gasteiger partial charge >= 0.3 is 0 Å². The van der Waals surface area contributed by atoms with Gasteiger partial charge in [-0.2, -0.15) is 0 Å². The Morgan fingerprint density at radius 2 is 1.83 bits per heavy atom. The number of halogens is 2. The van der Waals surface area contributed by atoms with Crippen LogP contribution in [0.3, 0.4) is 0 Å². The van der Waals surface area contributed by atoms with Crippen LogP contribution in [0.5, 0.6) is 5.75 Å². The second-order valence-electron chi connectivity index (χ2n) is 6.98. The third-order valence-electron chi connectivity index (χ3n) is 4.96. The fourth-order valence-corrected chi connectivity index (χ4v) is 5.08. The van der Waals surface area contributed by atoms with Gasteiger partial charge in [-0.15, -0.1) is 0 Å². The first-order valence-corrected chi connectivity index (χ1v) is 11.0. The molecule has 1 saturated heterocycles. The third-order valence-corrected chi connectivity index (χ3v) is 6.85. The van der Waals surface area contributed by atoms with E-state index in [0.29, 0.717) is 23.5 Å². The molecular weight excluding hydrogens is 418 g/mol. The van der Waals surface area contributed by atoms with E-state index in [1.54, 1.807) is 30.3 Å². The monoisotopic (exact) mass is 440 g/mol. The number of rotatable bonds is 8. The Morgan fingerprint density at radius 1 is 1.17 bits per heavy atom. The van der Waals surface area contributed by atoms with Gasteiger partial charge in [0.2, 0.25) is 16.4 Å². The number of sulfonamides is 1. The highest BCUT2D eigenvalue weighted by Gasteiger charge is 2.33. The molecule has 0 aromatic heterocycles. The van der Waals surface area contributed by atoms with Crippen molar-refractivity contribution in [3.63, 3.8) is 0 Å². The first-order chi connectivity index (χ1) is 14.3. The number of amides is 1. The van der Waals surface area contributed by atoms with Crippen molar-refractivity contribution >= 4 is 16.4 Å². The molecule has 1 aliphatic heterocycles. The molecule has 0 spiro atoms. The quantitative estimate of drug-likeness (QED) is 0.388.